The third-order valence-corrected chi connectivity index (χ3v) is 3.93. The van der Waals surface area contributed by atoms with Crippen molar-refractivity contribution < 1.29 is 0 Å². The molecular formula is C14H26N4. The number of piperidine rings is 1. The standard InChI is InChI=1S/C14H26N4/c1-13-4-8-18(9-5-13)7-3-6-15-10-14-11-16-12-17(14)2/h11-13,15H,3-10H2,1-2H3. The van der Waals surface area contributed by atoms with Gasteiger partial charge in [0.15, 0.2) is 0 Å². The van der Waals surface area contributed by atoms with Crippen LogP contribution in [0.25, 0.3) is 0 Å². The summed E-state index contributed by atoms with van der Waals surface area (Å²) in [4.78, 5) is 6.72. The lowest BCUT2D eigenvalue weighted by atomic mass is 9.99. The summed E-state index contributed by atoms with van der Waals surface area (Å²) in [5.74, 6) is 0.934. The highest BCUT2D eigenvalue weighted by Crippen LogP contribution is 2.15. The van der Waals surface area contributed by atoms with E-state index in [0.29, 0.717) is 0 Å². The molecule has 0 saturated carbocycles. The minimum Gasteiger partial charge on any atom is -0.337 e. The lowest BCUT2D eigenvalue weighted by molar-refractivity contribution is 0.190. The van der Waals surface area contributed by atoms with Gasteiger partial charge < -0.3 is 14.8 Å². The fourth-order valence-electron chi connectivity index (χ4n) is 2.48. The molecule has 0 spiro atoms. The fourth-order valence-corrected chi connectivity index (χ4v) is 2.48. The second-order valence-electron chi connectivity index (χ2n) is 5.55. The Morgan fingerprint density at radius 1 is 1.39 bits per heavy atom. The predicted octanol–water partition coefficient (Wildman–Crippen LogP) is 1.63. The minimum absolute atomic E-state index is 0.924. The quantitative estimate of drug-likeness (QED) is 0.779. The maximum atomic E-state index is 4.12. The van der Waals surface area contributed by atoms with Crippen LogP contribution < -0.4 is 5.32 Å². The summed E-state index contributed by atoms with van der Waals surface area (Å²) < 4.78 is 2.07. The van der Waals surface area contributed by atoms with E-state index in [2.05, 4.69) is 26.7 Å². The number of imidazole rings is 1. The van der Waals surface area contributed by atoms with Crippen molar-refractivity contribution in [2.45, 2.75) is 32.7 Å². The zero-order chi connectivity index (χ0) is 12.8. The van der Waals surface area contributed by atoms with Gasteiger partial charge >= 0.3 is 0 Å². The number of nitrogens with zero attached hydrogens (tertiary/aromatic N) is 3. The largest absolute Gasteiger partial charge is 0.337 e. The normalized spacial score (nSPS) is 18.3. The van der Waals surface area contributed by atoms with Crippen LogP contribution in [0.1, 0.15) is 31.9 Å². The topological polar surface area (TPSA) is 33.1 Å². The number of aryl methyl sites for hydroxylation is 1. The van der Waals surface area contributed by atoms with Crippen LogP contribution in [0.5, 0.6) is 0 Å². The molecule has 0 unspecified atom stereocenters. The summed E-state index contributed by atoms with van der Waals surface area (Å²) in [5, 5.41) is 3.49. The van der Waals surface area contributed by atoms with Crippen molar-refractivity contribution in [1.82, 2.24) is 19.8 Å². The molecule has 1 aromatic heterocycles. The van der Waals surface area contributed by atoms with Gasteiger partial charge in [0.1, 0.15) is 0 Å². The number of nitrogens with one attached hydrogen (secondary N) is 1. The molecule has 1 aromatic rings. The summed E-state index contributed by atoms with van der Waals surface area (Å²) in [5.41, 5.74) is 1.25. The van der Waals surface area contributed by atoms with Gasteiger partial charge in [0.05, 0.1) is 12.0 Å². The van der Waals surface area contributed by atoms with Gasteiger partial charge in [0.2, 0.25) is 0 Å². The maximum Gasteiger partial charge on any atom is 0.0945 e. The second kappa shape index (κ2) is 6.90. The zero-order valence-corrected chi connectivity index (χ0v) is 11.7. The highest BCUT2D eigenvalue weighted by molar-refractivity contribution is 4.96. The van der Waals surface area contributed by atoms with E-state index in [1.165, 1.54) is 44.6 Å². The lowest BCUT2D eigenvalue weighted by Crippen LogP contribution is -2.34. The number of aromatic nitrogens is 2. The van der Waals surface area contributed by atoms with E-state index in [1.54, 1.807) is 0 Å². The summed E-state index contributed by atoms with van der Waals surface area (Å²) in [6, 6.07) is 0. The van der Waals surface area contributed by atoms with E-state index in [4.69, 9.17) is 0 Å². The molecule has 1 fully saturated rings. The molecular weight excluding hydrogens is 224 g/mol. The summed E-state index contributed by atoms with van der Waals surface area (Å²) in [7, 11) is 2.04. The van der Waals surface area contributed by atoms with Gasteiger partial charge in [0.25, 0.3) is 0 Å². The molecule has 1 saturated heterocycles. The number of hydrogen-bond acceptors (Lipinski definition) is 3. The van der Waals surface area contributed by atoms with Crippen molar-refractivity contribution in [2.24, 2.45) is 13.0 Å². The maximum absolute atomic E-state index is 4.12. The van der Waals surface area contributed by atoms with Crippen LogP contribution in [0.2, 0.25) is 0 Å². The molecule has 1 aliphatic heterocycles. The van der Waals surface area contributed by atoms with Crippen molar-refractivity contribution in [3.05, 3.63) is 18.2 Å². The van der Waals surface area contributed by atoms with Crippen LogP contribution in [0, 0.1) is 5.92 Å². The molecule has 0 aliphatic carbocycles. The molecule has 0 amide bonds. The highest BCUT2D eigenvalue weighted by atomic mass is 15.1. The van der Waals surface area contributed by atoms with Crippen LogP contribution in [0.4, 0.5) is 0 Å². The molecule has 4 heteroatoms. The summed E-state index contributed by atoms with van der Waals surface area (Å²) in [6.07, 6.45) is 7.78. The Labute approximate surface area is 110 Å². The monoisotopic (exact) mass is 250 g/mol. The van der Waals surface area contributed by atoms with Crippen molar-refractivity contribution in [3.8, 4) is 0 Å². The van der Waals surface area contributed by atoms with Crippen LogP contribution in [0.15, 0.2) is 12.5 Å². The second-order valence-corrected chi connectivity index (χ2v) is 5.55. The molecule has 1 N–H and O–H groups in total. The van der Waals surface area contributed by atoms with Crippen molar-refractivity contribution in [3.63, 3.8) is 0 Å². The number of likely N-dealkylation sites (tertiary alicyclic amines) is 1. The van der Waals surface area contributed by atoms with Crippen molar-refractivity contribution >= 4 is 0 Å². The van der Waals surface area contributed by atoms with Gasteiger partial charge in [-0.1, -0.05) is 6.92 Å². The molecule has 0 atom stereocenters. The molecule has 0 radical (unpaired) electrons. The first-order valence-electron chi connectivity index (χ1n) is 7.14. The van der Waals surface area contributed by atoms with Gasteiger partial charge in [-0.3, -0.25) is 0 Å². The lowest BCUT2D eigenvalue weighted by Gasteiger charge is -2.30. The molecule has 0 bridgehead atoms. The van der Waals surface area contributed by atoms with E-state index in [9.17, 15) is 0 Å². The fraction of sp³-hybridized carbons (Fsp3) is 0.786. The van der Waals surface area contributed by atoms with E-state index in [0.717, 1.165) is 19.0 Å². The third kappa shape index (κ3) is 4.10. The molecule has 4 nitrogen and oxygen atoms in total. The van der Waals surface area contributed by atoms with E-state index >= 15 is 0 Å². The Balaban J connectivity index is 1.53. The Morgan fingerprint density at radius 2 is 2.17 bits per heavy atom. The third-order valence-electron chi connectivity index (χ3n) is 3.93. The van der Waals surface area contributed by atoms with Gasteiger partial charge in [0, 0.05) is 19.8 Å². The molecule has 2 rings (SSSR count). The molecule has 2 heterocycles. The molecule has 0 aromatic carbocycles. The molecule has 18 heavy (non-hydrogen) atoms. The Kier molecular flexibility index (Phi) is 5.20. The number of rotatable bonds is 6. The van der Waals surface area contributed by atoms with Crippen LogP contribution >= 0.6 is 0 Å². The van der Waals surface area contributed by atoms with Crippen LogP contribution in [-0.2, 0) is 13.6 Å². The summed E-state index contributed by atoms with van der Waals surface area (Å²) in [6.45, 7) is 8.22. The number of hydrogen-bond donors (Lipinski definition) is 1. The Bertz CT molecular complexity index is 339. The Hall–Kier alpha value is -0.870. The van der Waals surface area contributed by atoms with Gasteiger partial charge in [-0.2, -0.15) is 0 Å². The molecule has 102 valence electrons. The van der Waals surface area contributed by atoms with Crippen LogP contribution in [0.3, 0.4) is 0 Å². The van der Waals surface area contributed by atoms with E-state index < -0.39 is 0 Å². The minimum atomic E-state index is 0.924. The first kappa shape index (κ1) is 13.6. The van der Waals surface area contributed by atoms with Crippen molar-refractivity contribution in [2.75, 3.05) is 26.2 Å². The molecule has 1 aliphatic rings. The smallest absolute Gasteiger partial charge is 0.0945 e. The van der Waals surface area contributed by atoms with Gasteiger partial charge in [-0.05, 0) is 51.4 Å². The Morgan fingerprint density at radius 3 is 2.83 bits per heavy atom. The summed E-state index contributed by atoms with van der Waals surface area (Å²) >= 11 is 0. The first-order valence-corrected chi connectivity index (χ1v) is 7.14. The average molecular weight is 250 g/mol. The van der Waals surface area contributed by atoms with E-state index in [-0.39, 0.29) is 0 Å². The first-order chi connectivity index (χ1) is 8.75. The van der Waals surface area contributed by atoms with Crippen molar-refractivity contribution in [1.29, 1.82) is 0 Å². The van der Waals surface area contributed by atoms with Crippen LogP contribution in [-0.4, -0.2) is 40.6 Å². The van der Waals surface area contributed by atoms with Gasteiger partial charge in [-0.15, -0.1) is 0 Å². The highest BCUT2D eigenvalue weighted by Gasteiger charge is 2.14. The van der Waals surface area contributed by atoms with Gasteiger partial charge in [-0.25, -0.2) is 4.98 Å². The van der Waals surface area contributed by atoms with E-state index in [1.807, 2.05) is 19.6 Å². The average Bonchev–Trinajstić information content (AvgIpc) is 2.77. The zero-order valence-electron chi connectivity index (χ0n) is 11.7. The predicted molar refractivity (Wildman–Crippen MR) is 74.4 cm³/mol. The SMILES string of the molecule is CC1CCN(CCCNCc2cncn2C)CC1.